The molecule has 1 aliphatic heterocycles. The van der Waals surface area contributed by atoms with Gasteiger partial charge in [0.25, 0.3) is 0 Å². The number of phenolic OH excluding ortho intramolecular Hbond substituents is 1. The van der Waals surface area contributed by atoms with Gasteiger partial charge < -0.3 is 29.5 Å². The molecule has 1 aliphatic carbocycles. The van der Waals surface area contributed by atoms with Crippen LogP contribution >= 0.6 is 0 Å². The molecular weight excluding hydrogens is 939 g/mol. The van der Waals surface area contributed by atoms with Crippen LogP contribution in [0.1, 0.15) is 275 Å². The molecule has 1 aromatic carbocycles. The molecule has 3 N–H and O–H groups in total. The number of phenols is 1. The summed E-state index contributed by atoms with van der Waals surface area (Å²) >= 11 is 0. The minimum atomic E-state index is -1.01. The van der Waals surface area contributed by atoms with E-state index >= 15 is 0 Å². The van der Waals surface area contributed by atoms with Gasteiger partial charge in [-0.25, -0.2) is 4.99 Å². The smallest absolute Gasteiger partial charge is 0.305 e. The quantitative estimate of drug-likeness (QED) is 0.0487. The van der Waals surface area contributed by atoms with Crippen LogP contribution in [0.15, 0.2) is 40.4 Å². The first-order chi connectivity index (χ1) is 34.9. The van der Waals surface area contributed by atoms with Gasteiger partial charge in [-0.2, -0.15) is 0 Å². The van der Waals surface area contributed by atoms with Gasteiger partial charge in [0.2, 0.25) is 0 Å². The first-order valence-electron chi connectivity index (χ1n) is 29.7. The van der Waals surface area contributed by atoms with E-state index in [2.05, 4.69) is 122 Å². The second-order valence-electron chi connectivity index (χ2n) is 26.7. The number of aliphatic imine (C=N–C) groups is 1. The summed E-state index contributed by atoms with van der Waals surface area (Å²) < 4.78 is 18.5. The molecule has 75 heavy (non-hydrogen) atoms. The van der Waals surface area contributed by atoms with E-state index in [4.69, 9.17) is 24.3 Å². The van der Waals surface area contributed by atoms with E-state index in [9.17, 15) is 24.6 Å². The Morgan fingerprint density at radius 2 is 1.08 bits per heavy atom. The van der Waals surface area contributed by atoms with Crippen LogP contribution in [-0.4, -0.2) is 70.6 Å². The van der Waals surface area contributed by atoms with Gasteiger partial charge in [0, 0.05) is 25.2 Å². The van der Waals surface area contributed by atoms with Gasteiger partial charge in [-0.05, 0) is 83.0 Å². The fraction of sp³-hybridized carbons (Fsp3) is 0.785. The van der Waals surface area contributed by atoms with Gasteiger partial charge in [-0.3, -0.25) is 14.4 Å². The van der Waals surface area contributed by atoms with Crippen LogP contribution in [0.3, 0.4) is 0 Å². The van der Waals surface area contributed by atoms with E-state index in [0.717, 1.165) is 72.8 Å². The number of aliphatic hydroxyl groups is 1. The number of allylic oxidation sites excluding steroid dienone is 2. The summed E-state index contributed by atoms with van der Waals surface area (Å²) in [5.41, 5.74) is 1.86. The minimum absolute atomic E-state index is 0.000416. The predicted molar refractivity (Wildman–Crippen MR) is 311 cm³/mol. The third kappa shape index (κ3) is 23.9. The number of ether oxygens (including phenoxy) is 3. The number of carbonyl (C=O) groups excluding carboxylic acids is 2. The van der Waals surface area contributed by atoms with Crippen molar-refractivity contribution in [3.63, 3.8) is 0 Å². The highest BCUT2D eigenvalue weighted by Gasteiger charge is 2.47. The van der Waals surface area contributed by atoms with Gasteiger partial charge in [0.05, 0.1) is 11.6 Å². The Labute approximate surface area is 458 Å². The number of nitrogens with zero attached hydrogens (tertiary/aromatic N) is 1. The molecule has 3 atom stereocenters. The van der Waals surface area contributed by atoms with Crippen LogP contribution in [0, 0.1) is 22.2 Å². The molecule has 0 amide bonds. The number of unbranched alkanes of at least 4 members (excludes halogenated alkanes) is 16. The molecule has 10 heteroatoms. The molecule has 0 spiro atoms. The summed E-state index contributed by atoms with van der Waals surface area (Å²) in [5, 5.41) is 31.5. The number of hydrogen-bond donors (Lipinski definition) is 3. The Hall–Kier alpha value is -3.66. The van der Waals surface area contributed by atoms with Crippen molar-refractivity contribution in [2.45, 2.75) is 287 Å². The number of aliphatic carboxylic acids is 1. The number of benzene rings is 1. The molecule has 1 aromatic rings. The maximum absolute atomic E-state index is 13.3. The van der Waals surface area contributed by atoms with Crippen LogP contribution in [0.2, 0.25) is 0 Å². The van der Waals surface area contributed by atoms with Crippen LogP contribution in [0.5, 0.6) is 5.75 Å². The molecule has 430 valence electrons. The van der Waals surface area contributed by atoms with E-state index in [1.165, 1.54) is 77.0 Å². The topological polar surface area (TPSA) is 152 Å². The second-order valence-corrected chi connectivity index (χ2v) is 26.7. The zero-order valence-electron chi connectivity index (χ0n) is 50.8. The number of aromatic hydroxyl groups is 1. The molecule has 3 unspecified atom stereocenters. The average molecular weight is 1050 g/mol. The number of carboxylic acids is 1. The summed E-state index contributed by atoms with van der Waals surface area (Å²) in [6.45, 7) is 34.1. The van der Waals surface area contributed by atoms with Crippen molar-refractivity contribution in [2.75, 3.05) is 19.8 Å². The third-order valence-corrected chi connectivity index (χ3v) is 15.2. The van der Waals surface area contributed by atoms with E-state index < -0.39 is 17.0 Å². The largest absolute Gasteiger partial charge is 0.507 e. The Morgan fingerprint density at radius 1 is 0.653 bits per heavy atom. The molecule has 2 aliphatic rings. The standard InChI is InChI=1S/C47H81NO6.C18H30O3/c1-10-13-15-17-19-21-23-25-27-29-41(49)53-35-47(44-48-38(12-3)34-52-44,36-54-42(50)30-28-26-24-22-20-18-16-14-11-2)33-37-31-39(45(4,5)6)43(51)40(32-37)46(7,8)9;1-16(2,3)13-10-12(8-9-15(19)20)11-14(17(4,5)6)18(13,7)21/h31-32,38,51H,10-30,33-36H2,1-9H3;10-11,13,21H,8-9H2,1-7H3,(H,19,20). The van der Waals surface area contributed by atoms with Gasteiger partial charge in [-0.15, -0.1) is 0 Å². The zero-order chi connectivity index (χ0) is 56.7. The fourth-order valence-electron chi connectivity index (χ4n) is 10.7. The lowest BCUT2D eigenvalue weighted by Crippen LogP contribution is -2.47. The van der Waals surface area contributed by atoms with Gasteiger partial charge in [0.15, 0.2) is 5.90 Å². The highest BCUT2D eigenvalue weighted by Crippen LogP contribution is 2.49. The number of carboxylic acid groups (broad SMARTS) is 1. The van der Waals surface area contributed by atoms with Crippen LogP contribution in [-0.2, 0) is 45.8 Å². The van der Waals surface area contributed by atoms with Gasteiger partial charge in [0.1, 0.15) is 31.0 Å². The van der Waals surface area contributed by atoms with E-state index in [1.54, 1.807) is 0 Å². The minimum Gasteiger partial charge on any atom is -0.507 e. The number of esters is 2. The molecule has 0 bridgehead atoms. The third-order valence-electron chi connectivity index (χ3n) is 15.2. The summed E-state index contributed by atoms with van der Waals surface area (Å²) in [7, 11) is 0. The molecule has 0 fully saturated rings. The normalized spacial score (nSPS) is 18.3. The van der Waals surface area contributed by atoms with Crippen molar-refractivity contribution in [3.05, 3.63) is 52.1 Å². The summed E-state index contributed by atoms with van der Waals surface area (Å²) in [5.74, 6) is -0.511. The fourth-order valence-corrected chi connectivity index (χ4v) is 10.7. The molecule has 0 radical (unpaired) electrons. The molecule has 10 nitrogen and oxygen atoms in total. The van der Waals surface area contributed by atoms with Crippen molar-refractivity contribution < 1.29 is 43.9 Å². The molecular formula is C65H111NO9. The number of rotatable bonds is 31. The maximum Gasteiger partial charge on any atom is 0.305 e. The summed E-state index contributed by atoms with van der Waals surface area (Å²) in [4.78, 5) is 42.4. The highest BCUT2D eigenvalue weighted by molar-refractivity contribution is 5.86. The Balaban J connectivity index is 0.000000762. The molecule has 0 saturated heterocycles. The van der Waals surface area contributed by atoms with Crippen molar-refractivity contribution in [1.29, 1.82) is 0 Å². The molecule has 0 aromatic heterocycles. The highest BCUT2D eigenvalue weighted by atomic mass is 16.6. The first kappa shape index (κ1) is 67.4. The van der Waals surface area contributed by atoms with E-state index in [-0.39, 0.29) is 65.2 Å². The van der Waals surface area contributed by atoms with E-state index in [1.807, 2.05) is 13.0 Å². The number of hydrogen-bond acceptors (Lipinski definition) is 9. The zero-order valence-corrected chi connectivity index (χ0v) is 50.8. The Bertz CT molecular complexity index is 1910. The average Bonchev–Trinajstić information content (AvgIpc) is 3.80. The molecule has 0 saturated carbocycles. The molecule has 3 rings (SSSR count). The van der Waals surface area contributed by atoms with Gasteiger partial charge in [-0.1, -0.05) is 236 Å². The van der Waals surface area contributed by atoms with Crippen molar-refractivity contribution in [3.8, 4) is 5.75 Å². The lowest BCUT2D eigenvalue weighted by Gasteiger charge is -2.47. The van der Waals surface area contributed by atoms with Crippen LogP contribution in [0.4, 0.5) is 0 Å². The lowest BCUT2D eigenvalue weighted by molar-refractivity contribution is -0.151. The second kappa shape index (κ2) is 31.7. The Morgan fingerprint density at radius 3 is 1.44 bits per heavy atom. The first-order valence-corrected chi connectivity index (χ1v) is 29.7. The monoisotopic (exact) mass is 1050 g/mol. The predicted octanol–water partition coefficient (Wildman–Crippen LogP) is 16.8. The van der Waals surface area contributed by atoms with Crippen molar-refractivity contribution >= 4 is 23.8 Å². The van der Waals surface area contributed by atoms with Crippen LogP contribution in [0.25, 0.3) is 0 Å². The van der Waals surface area contributed by atoms with Gasteiger partial charge >= 0.3 is 17.9 Å². The van der Waals surface area contributed by atoms with Crippen LogP contribution < -0.4 is 0 Å². The van der Waals surface area contributed by atoms with E-state index in [0.29, 0.717) is 43.9 Å². The van der Waals surface area contributed by atoms with Crippen molar-refractivity contribution in [1.82, 2.24) is 0 Å². The van der Waals surface area contributed by atoms with Crippen molar-refractivity contribution in [2.24, 2.45) is 27.2 Å². The summed E-state index contributed by atoms with van der Waals surface area (Å²) in [6, 6.07) is 4.10. The number of carbonyl (C=O) groups is 3. The Kier molecular flexibility index (Phi) is 28.5. The molecule has 1 heterocycles. The lowest BCUT2D eigenvalue weighted by atomic mass is 9.61. The SMILES string of the molecule is CC(C)(C)C1=CC(CCC(=O)O)=CC(C(C)(C)C)C1(C)O.CCCCCCCCCCCC(=O)OCC(COC(=O)CCCCCCCCCCC)(Cc1cc(C(C)(C)C)c(O)c(C(C)(C)C)c1)C1=NC(CC)CO1. The summed E-state index contributed by atoms with van der Waals surface area (Å²) in [6.07, 6.45) is 27.8. The maximum atomic E-state index is 13.3.